The molecular weight excluding hydrogens is 396 g/mol. The standard InChI is InChI=1S/C20H24N2O6S/c1-14-8-9-15-18(12-14)28-19(13-22(15)29(3,24)25)20(23)21-10-11-27-17-7-5-4-6-16(17)26-2/h4-9,12,19H,10-11,13H2,1-3H3,(H,21,23)/t19-/m0/s1. The molecule has 0 saturated carbocycles. The van der Waals surface area contributed by atoms with Crippen molar-refractivity contribution < 1.29 is 27.4 Å². The number of rotatable bonds is 7. The first-order valence-corrected chi connectivity index (χ1v) is 10.9. The molecule has 0 aromatic heterocycles. The Morgan fingerprint density at radius 2 is 1.97 bits per heavy atom. The highest BCUT2D eigenvalue weighted by molar-refractivity contribution is 7.92. The third kappa shape index (κ3) is 4.92. The van der Waals surface area contributed by atoms with Gasteiger partial charge in [0.05, 0.1) is 32.1 Å². The lowest BCUT2D eigenvalue weighted by molar-refractivity contribution is -0.127. The number of aryl methyl sites for hydroxylation is 1. The number of carbonyl (C=O) groups is 1. The lowest BCUT2D eigenvalue weighted by Gasteiger charge is -2.34. The van der Waals surface area contributed by atoms with Gasteiger partial charge in [0.2, 0.25) is 10.0 Å². The summed E-state index contributed by atoms with van der Waals surface area (Å²) < 4.78 is 42.2. The van der Waals surface area contributed by atoms with E-state index >= 15 is 0 Å². The topological polar surface area (TPSA) is 94.2 Å². The van der Waals surface area contributed by atoms with E-state index in [0.29, 0.717) is 22.9 Å². The Hall–Kier alpha value is -2.94. The van der Waals surface area contributed by atoms with Crippen LogP contribution in [0.1, 0.15) is 5.56 Å². The van der Waals surface area contributed by atoms with Crippen LogP contribution in [-0.2, 0) is 14.8 Å². The summed E-state index contributed by atoms with van der Waals surface area (Å²) in [6, 6.07) is 12.4. The van der Waals surface area contributed by atoms with Crippen molar-refractivity contribution in [2.45, 2.75) is 13.0 Å². The molecule has 1 aliphatic rings. The van der Waals surface area contributed by atoms with Crippen molar-refractivity contribution in [3.05, 3.63) is 48.0 Å². The molecular formula is C20H24N2O6S. The molecule has 0 spiro atoms. The number of carbonyl (C=O) groups excluding carboxylic acids is 1. The van der Waals surface area contributed by atoms with Crippen molar-refractivity contribution in [2.75, 3.05) is 37.4 Å². The van der Waals surface area contributed by atoms with E-state index in [1.807, 2.05) is 19.1 Å². The number of amides is 1. The minimum absolute atomic E-state index is 0.0892. The first-order chi connectivity index (χ1) is 13.8. The summed E-state index contributed by atoms with van der Waals surface area (Å²) in [5.74, 6) is 1.14. The number of hydrogen-bond donors (Lipinski definition) is 1. The molecule has 156 valence electrons. The van der Waals surface area contributed by atoms with E-state index in [4.69, 9.17) is 14.2 Å². The Balaban J connectivity index is 1.62. The Kier molecular flexibility index (Phi) is 6.17. The third-order valence-electron chi connectivity index (χ3n) is 4.41. The van der Waals surface area contributed by atoms with Gasteiger partial charge < -0.3 is 19.5 Å². The molecule has 0 radical (unpaired) electrons. The molecule has 2 aromatic carbocycles. The van der Waals surface area contributed by atoms with Gasteiger partial charge in [0.1, 0.15) is 12.4 Å². The fourth-order valence-electron chi connectivity index (χ4n) is 3.00. The normalized spacial score (nSPS) is 15.8. The van der Waals surface area contributed by atoms with Gasteiger partial charge in [-0.1, -0.05) is 18.2 Å². The van der Waals surface area contributed by atoms with E-state index in [9.17, 15) is 13.2 Å². The number of nitrogens with one attached hydrogen (secondary N) is 1. The fourth-order valence-corrected chi connectivity index (χ4v) is 3.91. The summed E-state index contributed by atoms with van der Waals surface area (Å²) in [5.41, 5.74) is 1.34. The minimum atomic E-state index is -3.55. The smallest absolute Gasteiger partial charge is 0.263 e. The molecule has 0 aliphatic carbocycles. The van der Waals surface area contributed by atoms with E-state index in [1.165, 1.54) is 4.31 Å². The molecule has 0 fully saturated rings. The van der Waals surface area contributed by atoms with Gasteiger partial charge in [0.25, 0.3) is 5.91 Å². The van der Waals surface area contributed by atoms with Crippen molar-refractivity contribution in [2.24, 2.45) is 0 Å². The molecule has 0 bridgehead atoms. The van der Waals surface area contributed by atoms with Crippen LogP contribution in [-0.4, -0.2) is 53.5 Å². The van der Waals surface area contributed by atoms with E-state index in [1.54, 1.807) is 37.4 Å². The largest absolute Gasteiger partial charge is 0.493 e. The summed E-state index contributed by atoms with van der Waals surface area (Å²) in [4.78, 5) is 12.6. The average Bonchev–Trinajstić information content (AvgIpc) is 2.69. The number of sulfonamides is 1. The summed E-state index contributed by atoms with van der Waals surface area (Å²) in [7, 11) is -2.00. The molecule has 0 unspecified atom stereocenters. The van der Waals surface area contributed by atoms with Crippen molar-refractivity contribution in [1.82, 2.24) is 5.32 Å². The highest BCUT2D eigenvalue weighted by atomic mass is 32.2. The Morgan fingerprint density at radius 1 is 1.24 bits per heavy atom. The number of benzene rings is 2. The van der Waals surface area contributed by atoms with Gasteiger partial charge in [-0.2, -0.15) is 0 Å². The Morgan fingerprint density at radius 3 is 2.66 bits per heavy atom. The van der Waals surface area contributed by atoms with Gasteiger partial charge >= 0.3 is 0 Å². The highest BCUT2D eigenvalue weighted by Gasteiger charge is 2.34. The van der Waals surface area contributed by atoms with Gasteiger partial charge in [0.15, 0.2) is 17.6 Å². The lowest BCUT2D eigenvalue weighted by atomic mass is 10.1. The van der Waals surface area contributed by atoms with Crippen molar-refractivity contribution in [1.29, 1.82) is 0 Å². The first-order valence-electron chi connectivity index (χ1n) is 9.08. The highest BCUT2D eigenvalue weighted by Crippen LogP contribution is 2.35. The van der Waals surface area contributed by atoms with Crippen LogP contribution >= 0.6 is 0 Å². The second kappa shape index (κ2) is 8.60. The van der Waals surface area contributed by atoms with Gasteiger partial charge in [0, 0.05) is 0 Å². The van der Waals surface area contributed by atoms with Gasteiger partial charge in [-0.05, 0) is 36.8 Å². The monoisotopic (exact) mass is 420 g/mol. The van der Waals surface area contributed by atoms with E-state index in [-0.39, 0.29) is 19.7 Å². The second-order valence-electron chi connectivity index (χ2n) is 6.66. The Bertz CT molecular complexity index is 992. The molecule has 29 heavy (non-hydrogen) atoms. The zero-order valence-electron chi connectivity index (χ0n) is 16.5. The maximum atomic E-state index is 12.6. The number of ether oxygens (including phenoxy) is 3. The molecule has 0 saturated heterocycles. The zero-order chi connectivity index (χ0) is 21.0. The quantitative estimate of drug-likeness (QED) is 0.686. The number of hydrogen-bond acceptors (Lipinski definition) is 6. The number of methoxy groups -OCH3 is 1. The first kappa shape index (κ1) is 20.8. The van der Waals surface area contributed by atoms with Crippen molar-refractivity contribution in [3.8, 4) is 17.2 Å². The molecule has 9 heteroatoms. The SMILES string of the molecule is COc1ccccc1OCCNC(=O)[C@@H]1CN(S(C)(=O)=O)c2ccc(C)cc2O1. The third-order valence-corrected chi connectivity index (χ3v) is 5.55. The van der Waals surface area contributed by atoms with Crippen LogP contribution in [0, 0.1) is 6.92 Å². The maximum absolute atomic E-state index is 12.6. The molecule has 1 atom stereocenters. The van der Waals surface area contributed by atoms with Crippen LogP contribution < -0.4 is 23.8 Å². The van der Waals surface area contributed by atoms with Crippen molar-refractivity contribution in [3.63, 3.8) is 0 Å². The van der Waals surface area contributed by atoms with E-state index in [0.717, 1.165) is 11.8 Å². The summed E-state index contributed by atoms with van der Waals surface area (Å²) in [6.45, 7) is 2.24. The fraction of sp³-hybridized carbons (Fsp3) is 0.350. The van der Waals surface area contributed by atoms with Crippen LogP contribution in [0.5, 0.6) is 17.2 Å². The number of fused-ring (bicyclic) bond motifs is 1. The number of anilines is 1. The van der Waals surface area contributed by atoms with E-state index < -0.39 is 22.0 Å². The minimum Gasteiger partial charge on any atom is -0.493 e. The van der Waals surface area contributed by atoms with Crippen LogP contribution in [0.15, 0.2) is 42.5 Å². The van der Waals surface area contributed by atoms with Crippen LogP contribution in [0.4, 0.5) is 5.69 Å². The molecule has 1 heterocycles. The second-order valence-corrected chi connectivity index (χ2v) is 8.57. The molecule has 1 aliphatic heterocycles. The summed E-state index contributed by atoms with van der Waals surface area (Å²) in [5, 5.41) is 2.73. The van der Waals surface area contributed by atoms with Gasteiger partial charge in [-0.15, -0.1) is 0 Å². The molecule has 8 nitrogen and oxygen atoms in total. The van der Waals surface area contributed by atoms with Gasteiger partial charge in [-0.3, -0.25) is 9.10 Å². The molecule has 2 aromatic rings. The average molecular weight is 420 g/mol. The molecule has 3 rings (SSSR count). The lowest BCUT2D eigenvalue weighted by Crippen LogP contribution is -2.51. The van der Waals surface area contributed by atoms with E-state index in [2.05, 4.69) is 5.32 Å². The van der Waals surface area contributed by atoms with Crippen molar-refractivity contribution >= 4 is 21.6 Å². The number of nitrogens with zero attached hydrogens (tertiary/aromatic N) is 1. The summed E-state index contributed by atoms with van der Waals surface area (Å²) >= 11 is 0. The maximum Gasteiger partial charge on any atom is 0.263 e. The Labute approximate surface area is 170 Å². The predicted octanol–water partition coefficient (Wildman–Crippen LogP) is 1.73. The van der Waals surface area contributed by atoms with Crippen LogP contribution in [0.25, 0.3) is 0 Å². The zero-order valence-corrected chi connectivity index (χ0v) is 17.4. The predicted molar refractivity (Wildman–Crippen MR) is 109 cm³/mol. The van der Waals surface area contributed by atoms with Gasteiger partial charge in [-0.25, -0.2) is 8.42 Å². The number of para-hydroxylation sites is 2. The van der Waals surface area contributed by atoms with Crippen LogP contribution in [0.3, 0.4) is 0 Å². The van der Waals surface area contributed by atoms with Crippen LogP contribution in [0.2, 0.25) is 0 Å². The molecule has 1 amide bonds. The summed E-state index contributed by atoms with van der Waals surface area (Å²) in [6.07, 6.45) is 0.156. The molecule has 1 N–H and O–H groups in total.